The smallest absolute Gasteiger partial charge is 0.0474 e. The van der Waals surface area contributed by atoms with Gasteiger partial charge in [-0.2, -0.15) is 0 Å². The monoisotopic (exact) mass is 275 g/mol. The maximum atomic E-state index is 9.55. The number of hydrogen-bond acceptors (Lipinski definition) is 2. The summed E-state index contributed by atoms with van der Waals surface area (Å²) in [5.74, 6) is 0.438. The third-order valence-electron chi connectivity index (χ3n) is 4.76. The molecule has 3 unspecified atom stereocenters. The van der Waals surface area contributed by atoms with Crippen LogP contribution in [0, 0.1) is 5.92 Å². The van der Waals surface area contributed by atoms with Gasteiger partial charge < -0.3 is 10.4 Å². The molecule has 1 saturated carbocycles. The maximum Gasteiger partial charge on any atom is 0.0474 e. The van der Waals surface area contributed by atoms with Crippen LogP contribution in [0.1, 0.15) is 63.1 Å². The molecule has 0 spiro atoms. The highest BCUT2D eigenvalue weighted by atomic mass is 16.3. The van der Waals surface area contributed by atoms with Crippen LogP contribution in [0.4, 0.5) is 0 Å². The summed E-state index contributed by atoms with van der Waals surface area (Å²) in [6, 6.07) is 9.89. The van der Waals surface area contributed by atoms with Crippen LogP contribution in [-0.4, -0.2) is 17.8 Å². The minimum absolute atomic E-state index is 0.322. The molecule has 0 saturated heterocycles. The molecular formula is C18H29NO. The molecular weight excluding hydrogens is 246 g/mol. The van der Waals surface area contributed by atoms with Crippen LogP contribution in [0.2, 0.25) is 0 Å². The normalized spacial score (nSPS) is 24.6. The minimum atomic E-state index is 0.322. The van der Waals surface area contributed by atoms with Gasteiger partial charge in [0.25, 0.3) is 0 Å². The van der Waals surface area contributed by atoms with Crippen molar-refractivity contribution in [3.63, 3.8) is 0 Å². The molecule has 1 aromatic rings. The minimum Gasteiger partial charge on any atom is -0.396 e. The Morgan fingerprint density at radius 1 is 1.15 bits per heavy atom. The van der Waals surface area contributed by atoms with E-state index in [4.69, 9.17) is 0 Å². The molecule has 2 nitrogen and oxygen atoms in total. The van der Waals surface area contributed by atoms with Crippen LogP contribution in [0.3, 0.4) is 0 Å². The number of aliphatic hydroxyl groups is 1. The SMILES string of the molecule is CCc1ccc(C(CC)NC2CCCCC2CO)cc1. The predicted molar refractivity (Wildman–Crippen MR) is 84.8 cm³/mol. The van der Waals surface area contributed by atoms with Gasteiger partial charge in [0.15, 0.2) is 0 Å². The molecule has 2 heteroatoms. The van der Waals surface area contributed by atoms with Gasteiger partial charge in [0, 0.05) is 18.7 Å². The first kappa shape index (κ1) is 15.5. The number of nitrogens with one attached hydrogen (secondary N) is 1. The number of rotatable bonds is 6. The highest BCUT2D eigenvalue weighted by molar-refractivity contribution is 5.25. The van der Waals surface area contributed by atoms with E-state index in [-0.39, 0.29) is 0 Å². The largest absolute Gasteiger partial charge is 0.396 e. The van der Waals surface area contributed by atoms with Crippen LogP contribution in [0.5, 0.6) is 0 Å². The van der Waals surface area contributed by atoms with Crippen LogP contribution in [-0.2, 0) is 6.42 Å². The molecule has 0 radical (unpaired) electrons. The van der Waals surface area contributed by atoms with E-state index in [1.807, 2.05) is 0 Å². The number of aryl methyl sites for hydroxylation is 1. The summed E-state index contributed by atoms with van der Waals surface area (Å²) in [6.07, 6.45) is 7.12. The van der Waals surface area contributed by atoms with Crippen LogP contribution >= 0.6 is 0 Å². The van der Waals surface area contributed by atoms with Crippen molar-refractivity contribution in [3.8, 4) is 0 Å². The van der Waals surface area contributed by atoms with E-state index >= 15 is 0 Å². The Kier molecular flexibility index (Phi) is 6.06. The summed E-state index contributed by atoms with van der Waals surface area (Å²) < 4.78 is 0. The van der Waals surface area contributed by atoms with Crippen molar-refractivity contribution in [3.05, 3.63) is 35.4 Å². The lowest BCUT2D eigenvalue weighted by Crippen LogP contribution is -2.42. The summed E-state index contributed by atoms with van der Waals surface area (Å²) in [6.45, 7) is 4.75. The molecule has 2 N–H and O–H groups in total. The standard InChI is InChI=1S/C18H29NO/c1-3-14-9-11-15(12-10-14)17(4-2)19-18-8-6-5-7-16(18)13-20/h9-12,16-20H,3-8,13H2,1-2H3. The predicted octanol–water partition coefficient (Wildman–Crippen LogP) is 3.84. The van der Waals surface area contributed by atoms with E-state index in [0.29, 0.717) is 24.6 Å². The third kappa shape index (κ3) is 3.83. The summed E-state index contributed by atoms with van der Waals surface area (Å²) in [5.41, 5.74) is 2.78. The first-order valence-corrected chi connectivity index (χ1v) is 8.24. The molecule has 1 aliphatic rings. The summed E-state index contributed by atoms with van der Waals surface area (Å²) in [4.78, 5) is 0. The van der Waals surface area contributed by atoms with Gasteiger partial charge in [-0.1, -0.05) is 51.0 Å². The fourth-order valence-corrected chi connectivity index (χ4v) is 3.34. The fourth-order valence-electron chi connectivity index (χ4n) is 3.34. The van der Waals surface area contributed by atoms with Crippen molar-refractivity contribution in [1.82, 2.24) is 5.32 Å². The topological polar surface area (TPSA) is 32.3 Å². The first-order chi connectivity index (χ1) is 9.78. The second-order valence-electron chi connectivity index (χ2n) is 6.06. The molecule has 1 aliphatic carbocycles. The van der Waals surface area contributed by atoms with Crippen molar-refractivity contribution in [1.29, 1.82) is 0 Å². The van der Waals surface area contributed by atoms with Gasteiger partial charge in [0.05, 0.1) is 0 Å². The highest BCUT2D eigenvalue weighted by Crippen LogP contribution is 2.27. The van der Waals surface area contributed by atoms with Crippen LogP contribution < -0.4 is 5.32 Å². The Morgan fingerprint density at radius 3 is 2.45 bits per heavy atom. The number of benzene rings is 1. The molecule has 1 aromatic carbocycles. The molecule has 20 heavy (non-hydrogen) atoms. The van der Waals surface area contributed by atoms with Crippen molar-refractivity contribution in [2.45, 2.75) is 64.5 Å². The van der Waals surface area contributed by atoms with Crippen molar-refractivity contribution in [2.24, 2.45) is 5.92 Å². The molecule has 112 valence electrons. The van der Waals surface area contributed by atoms with Gasteiger partial charge in [-0.25, -0.2) is 0 Å². The number of aliphatic hydroxyl groups excluding tert-OH is 1. The fraction of sp³-hybridized carbons (Fsp3) is 0.667. The van der Waals surface area contributed by atoms with Crippen LogP contribution in [0.25, 0.3) is 0 Å². The van der Waals surface area contributed by atoms with Crippen LogP contribution in [0.15, 0.2) is 24.3 Å². The third-order valence-corrected chi connectivity index (χ3v) is 4.76. The van der Waals surface area contributed by atoms with Gasteiger partial charge in [0.2, 0.25) is 0 Å². The lowest BCUT2D eigenvalue weighted by molar-refractivity contribution is 0.145. The van der Waals surface area contributed by atoms with Gasteiger partial charge >= 0.3 is 0 Å². The van der Waals surface area contributed by atoms with E-state index in [0.717, 1.165) is 12.8 Å². The second kappa shape index (κ2) is 7.80. The Hall–Kier alpha value is -0.860. The molecule has 0 heterocycles. The van der Waals surface area contributed by atoms with Gasteiger partial charge in [0.1, 0.15) is 0 Å². The lowest BCUT2D eigenvalue weighted by atomic mass is 9.84. The Morgan fingerprint density at radius 2 is 1.85 bits per heavy atom. The Bertz CT molecular complexity index is 387. The quantitative estimate of drug-likeness (QED) is 0.826. The van der Waals surface area contributed by atoms with E-state index in [2.05, 4.69) is 43.4 Å². The number of hydrogen-bond donors (Lipinski definition) is 2. The molecule has 0 aromatic heterocycles. The molecule has 1 fully saturated rings. The average Bonchev–Trinajstić information content (AvgIpc) is 2.53. The molecule has 0 amide bonds. The molecule has 0 bridgehead atoms. The summed E-state index contributed by atoms with van der Waals surface area (Å²) in [7, 11) is 0. The lowest BCUT2D eigenvalue weighted by Gasteiger charge is -2.34. The highest BCUT2D eigenvalue weighted by Gasteiger charge is 2.26. The zero-order valence-corrected chi connectivity index (χ0v) is 12.9. The average molecular weight is 275 g/mol. The van der Waals surface area contributed by atoms with E-state index in [1.165, 1.54) is 36.8 Å². The molecule has 0 aliphatic heterocycles. The van der Waals surface area contributed by atoms with Crippen molar-refractivity contribution < 1.29 is 5.11 Å². The first-order valence-electron chi connectivity index (χ1n) is 8.24. The molecule has 3 atom stereocenters. The Balaban J connectivity index is 2.03. The van der Waals surface area contributed by atoms with Gasteiger partial charge in [-0.05, 0) is 42.7 Å². The Labute approximate surface area is 123 Å². The second-order valence-corrected chi connectivity index (χ2v) is 6.06. The summed E-state index contributed by atoms with van der Waals surface area (Å²) >= 11 is 0. The van der Waals surface area contributed by atoms with E-state index in [1.54, 1.807) is 0 Å². The van der Waals surface area contributed by atoms with E-state index in [9.17, 15) is 5.11 Å². The zero-order valence-electron chi connectivity index (χ0n) is 12.9. The molecule has 2 rings (SSSR count). The maximum absolute atomic E-state index is 9.55. The van der Waals surface area contributed by atoms with Crippen molar-refractivity contribution >= 4 is 0 Å². The van der Waals surface area contributed by atoms with Gasteiger partial charge in [-0.15, -0.1) is 0 Å². The summed E-state index contributed by atoms with van der Waals surface area (Å²) in [5, 5.41) is 13.3. The van der Waals surface area contributed by atoms with Gasteiger partial charge in [-0.3, -0.25) is 0 Å². The zero-order chi connectivity index (χ0) is 14.4. The van der Waals surface area contributed by atoms with Crippen molar-refractivity contribution in [2.75, 3.05) is 6.61 Å². The van der Waals surface area contributed by atoms with E-state index < -0.39 is 0 Å².